The predicted octanol–water partition coefficient (Wildman–Crippen LogP) is 0.319. The van der Waals surface area contributed by atoms with Gasteiger partial charge >= 0.3 is 0 Å². The highest BCUT2D eigenvalue weighted by Gasteiger charge is 2.51. The highest BCUT2D eigenvalue weighted by atomic mass is 16.3. The van der Waals surface area contributed by atoms with Gasteiger partial charge in [0.2, 0.25) is 0 Å². The van der Waals surface area contributed by atoms with E-state index >= 15 is 0 Å². The molecule has 0 amide bonds. The Labute approximate surface area is 61.8 Å². The lowest BCUT2D eigenvalue weighted by atomic mass is 10.2. The highest BCUT2D eigenvalue weighted by Crippen LogP contribution is 2.48. The van der Waals surface area contributed by atoms with Crippen LogP contribution < -0.4 is 0 Å². The number of aliphatic hydroxyl groups is 1. The van der Waals surface area contributed by atoms with E-state index in [9.17, 15) is 0 Å². The van der Waals surface area contributed by atoms with E-state index in [-0.39, 0.29) is 0 Å². The average Bonchev–Trinajstić information content (AvgIpc) is 2.63. The van der Waals surface area contributed by atoms with Crippen LogP contribution in [0.4, 0.5) is 0 Å². The molecule has 1 saturated heterocycles. The van der Waals surface area contributed by atoms with Gasteiger partial charge in [0.25, 0.3) is 0 Å². The lowest BCUT2D eigenvalue weighted by Crippen LogP contribution is -2.35. The van der Waals surface area contributed by atoms with E-state index in [4.69, 9.17) is 5.11 Å². The summed E-state index contributed by atoms with van der Waals surface area (Å²) in [5.41, 5.74) is 0. The molecule has 0 aromatic heterocycles. The summed E-state index contributed by atoms with van der Waals surface area (Å²) in [5, 5.41) is 9.02. The number of fused-ring (bicyclic) bond motifs is 1. The highest BCUT2D eigenvalue weighted by molar-refractivity contribution is 5.03. The van der Waals surface area contributed by atoms with Gasteiger partial charge in [-0.25, -0.2) is 0 Å². The van der Waals surface area contributed by atoms with E-state index in [0.717, 1.165) is 18.4 Å². The maximum atomic E-state index is 9.02. The first kappa shape index (κ1) is 6.62. The summed E-state index contributed by atoms with van der Waals surface area (Å²) in [6, 6.07) is 0.509. The number of nitrogens with zero attached hydrogens (tertiary/aromatic N) is 1. The molecule has 0 unspecified atom stereocenters. The SMILES string of the molecule is CCN1C[C@H]2C[C@H]2[C@H]1CO. The van der Waals surface area contributed by atoms with Crippen molar-refractivity contribution in [1.82, 2.24) is 4.90 Å². The van der Waals surface area contributed by atoms with Gasteiger partial charge in [0.15, 0.2) is 0 Å². The van der Waals surface area contributed by atoms with E-state index in [2.05, 4.69) is 11.8 Å². The van der Waals surface area contributed by atoms with Crippen LogP contribution in [0.1, 0.15) is 13.3 Å². The molecule has 10 heavy (non-hydrogen) atoms. The molecule has 2 fully saturated rings. The van der Waals surface area contributed by atoms with Crippen molar-refractivity contribution in [2.45, 2.75) is 19.4 Å². The Morgan fingerprint density at radius 1 is 1.60 bits per heavy atom. The molecule has 0 bridgehead atoms. The molecule has 58 valence electrons. The summed E-state index contributed by atoms with van der Waals surface area (Å²) in [6.07, 6.45) is 1.38. The minimum atomic E-state index is 0.370. The largest absolute Gasteiger partial charge is 0.395 e. The summed E-state index contributed by atoms with van der Waals surface area (Å²) < 4.78 is 0. The second-order valence-electron chi connectivity index (χ2n) is 3.50. The first-order valence-electron chi connectivity index (χ1n) is 4.21. The summed E-state index contributed by atoms with van der Waals surface area (Å²) >= 11 is 0. The van der Waals surface area contributed by atoms with Crippen LogP contribution in [0.15, 0.2) is 0 Å². The number of hydrogen-bond donors (Lipinski definition) is 1. The third kappa shape index (κ3) is 0.789. The van der Waals surface area contributed by atoms with E-state index < -0.39 is 0 Å². The fraction of sp³-hybridized carbons (Fsp3) is 1.00. The van der Waals surface area contributed by atoms with Crippen LogP contribution >= 0.6 is 0 Å². The van der Waals surface area contributed by atoms with Gasteiger partial charge in [0.05, 0.1) is 6.61 Å². The molecule has 1 aliphatic carbocycles. The quantitative estimate of drug-likeness (QED) is 0.598. The molecule has 1 aliphatic heterocycles. The standard InChI is InChI=1S/C8H15NO/c1-2-9-4-6-3-7(6)8(9)5-10/h6-8,10H,2-5H2,1H3/t6-,7-,8-/m1/s1. The first-order chi connectivity index (χ1) is 4.86. The monoisotopic (exact) mass is 141 g/mol. The summed E-state index contributed by atoms with van der Waals surface area (Å²) in [5.74, 6) is 1.79. The molecular formula is C8H15NO. The van der Waals surface area contributed by atoms with Crippen molar-refractivity contribution >= 4 is 0 Å². The van der Waals surface area contributed by atoms with Crippen LogP contribution in [0, 0.1) is 11.8 Å². The molecule has 3 atom stereocenters. The third-order valence-corrected chi connectivity index (χ3v) is 3.00. The van der Waals surface area contributed by atoms with Crippen LogP contribution in [0.25, 0.3) is 0 Å². The fourth-order valence-corrected chi connectivity index (χ4v) is 2.27. The number of aliphatic hydroxyl groups excluding tert-OH is 1. The van der Waals surface area contributed by atoms with Gasteiger partial charge in [-0.3, -0.25) is 4.90 Å². The third-order valence-electron chi connectivity index (χ3n) is 3.00. The van der Waals surface area contributed by atoms with Crippen LogP contribution in [-0.2, 0) is 0 Å². The van der Waals surface area contributed by atoms with Gasteiger partial charge in [0.1, 0.15) is 0 Å². The van der Waals surface area contributed by atoms with E-state index in [1.165, 1.54) is 13.0 Å². The van der Waals surface area contributed by atoms with Gasteiger partial charge in [-0.1, -0.05) is 6.92 Å². The molecule has 2 nitrogen and oxygen atoms in total. The molecule has 0 aromatic rings. The zero-order valence-electron chi connectivity index (χ0n) is 6.45. The summed E-state index contributed by atoms with van der Waals surface area (Å²) in [7, 11) is 0. The van der Waals surface area contributed by atoms with Gasteiger partial charge in [0, 0.05) is 12.6 Å². The van der Waals surface area contributed by atoms with Crippen LogP contribution in [0.3, 0.4) is 0 Å². The fourth-order valence-electron chi connectivity index (χ4n) is 2.27. The van der Waals surface area contributed by atoms with Gasteiger partial charge in [-0.05, 0) is 24.8 Å². The predicted molar refractivity (Wildman–Crippen MR) is 39.7 cm³/mol. The topological polar surface area (TPSA) is 23.5 Å². The second kappa shape index (κ2) is 2.21. The average molecular weight is 141 g/mol. The van der Waals surface area contributed by atoms with Crippen molar-refractivity contribution in [3.8, 4) is 0 Å². The van der Waals surface area contributed by atoms with E-state index in [1.807, 2.05) is 0 Å². The molecule has 1 heterocycles. The van der Waals surface area contributed by atoms with Gasteiger partial charge in [-0.2, -0.15) is 0 Å². The van der Waals surface area contributed by atoms with Crippen LogP contribution in [0.5, 0.6) is 0 Å². The zero-order chi connectivity index (χ0) is 7.14. The summed E-state index contributed by atoms with van der Waals surface area (Å²) in [4.78, 5) is 2.40. The lowest BCUT2D eigenvalue weighted by Gasteiger charge is -2.23. The number of rotatable bonds is 2. The molecule has 0 aromatic carbocycles. The minimum absolute atomic E-state index is 0.370. The van der Waals surface area contributed by atoms with Crippen molar-refractivity contribution in [2.75, 3.05) is 19.7 Å². The Bertz CT molecular complexity index is 137. The van der Waals surface area contributed by atoms with Crippen LogP contribution in [0.2, 0.25) is 0 Å². The lowest BCUT2D eigenvalue weighted by molar-refractivity contribution is 0.142. The Morgan fingerprint density at radius 2 is 2.40 bits per heavy atom. The smallest absolute Gasteiger partial charge is 0.0589 e. The van der Waals surface area contributed by atoms with Crippen molar-refractivity contribution in [1.29, 1.82) is 0 Å². The Balaban J connectivity index is 1.98. The molecule has 1 saturated carbocycles. The van der Waals surface area contributed by atoms with Crippen molar-refractivity contribution < 1.29 is 5.11 Å². The first-order valence-corrected chi connectivity index (χ1v) is 4.21. The molecule has 0 spiro atoms. The zero-order valence-corrected chi connectivity index (χ0v) is 6.45. The molecule has 0 radical (unpaired) electrons. The maximum absolute atomic E-state index is 9.02. The van der Waals surface area contributed by atoms with Gasteiger partial charge in [-0.15, -0.1) is 0 Å². The Morgan fingerprint density at radius 3 is 2.90 bits per heavy atom. The molecule has 2 heteroatoms. The van der Waals surface area contributed by atoms with Gasteiger partial charge < -0.3 is 5.11 Å². The van der Waals surface area contributed by atoms with Crippen LogP contribution in [-0.4, -0.2) is 35.7 Å². The molecular weight excluding hydrogens is 126 g/mol. The normalized spacial score (nSPS) is 45.6. The number of likely N-dealkylation sites (tertiary alicyclic amines) is 1. The van der Waals surface area contributed by atoms with Crippen molar-refractivity contribution in [3.63, 3.8) is 0 Å². The number of hydrogen-bond acceptors (Lipinski definition) is 2. The maximum Gasteiger partial charge on any atom is 0.0589 e. The second-order valence-corrected chi connectivity index (χ2v) is 3.50. The minimum Gasteiger partial charge on any atom is -0.395 e. The Kier molecular flexibility index (Phi) is 1.46. The molecule has 1 N–H and O–H groups in total. The number of piperidine rings is 1. The van der Waals surface area contributed by atoms with Crippen molar-refractivity contribution in [3.05, 3.63) is 0 Å². The summed E-state index contributed by atoms with van der Waals surface area (Å²) in [6.45, 7) is 4.90. The van der Waals surface area contributed by atoms with Crippen molar-refractivity contribution in [2.24, 2.45) is 11.8 Å². The molecule has 2 rings (SSSR count). The van der Waals surface area contributed by atoms with E-state index in [1.54, 1.807) is 0 Å². The Hall–Kier alpha value is -0.0800. The number of likely N-dealkylation sites (N-methyl/N-ethyl adjacent to an activating group) is 1. The molecule has 2 aliphatic rings. The van der Waals surface area contributed by atoms with E-state index in [0.29, 0.717) is 12.6 Å².